The molecule has 2 rings (SSSR count). The van der Waals surface area contributed by atoms with Gasteiger partial charge in [-0.1, -0.05) is 13.8 Å². The molecular weight excluding hydrogens is 232 g/mol. The number of rotatable bonds is 2. The van der Waals surface area contributed by atoms with Crippen molar-refractivity contribution in [3.05, 3.63) is 35.4 Å². The zero-order valence-corrected chi connectivity index (χ0v) is 11.0. The average molecular weight is 253 g/mol. The van der Waals surface area contributed by atoms with Crippen LogP contribution in [0.1, 0.15) is 44.6 Å². The molecule has 1 nitrogen and oxygen atoms in total. The highest BCUT2D eigenvalue weighted by Gasteiger charge is 2.36. The maximum Gasteiger partial charge on any atom is 0.126 e. The number of nitrogens with two attached hydrogens (primary N) is 1. The Balaban J connectivity index is 2.35. The fraction of sp³-hybridized carbons (Fsp3) is 0.600. The van der Waals surface area contributed by atoms with Crippen LogP contribution in [0.25, 0.3) is 0 Å². The summed E-state index contributed by atoms with van der Waals surface area (Å²) in [5.41, 5.74) is 6.47. The van der Waals surface area contributed by atoms with Gasteiger partial charge in [0.15, 0.2) is 0 Å². The van der Waals surface area contributed by atoms with E-state index >= 15 is 0 Å². The topological polar surface area (TPSA) is 26.0 Å². The molecule has 0 bridgehead atoms. The van der Waals surface area contributed by atoms with Crippen molar-refractivity contribution >= 4 is 0 Å². The van der Waals surface area contributed by atoms with Gasteiger partial charge in [-0.25, -0.2) is 8.78 Å². The SMILES string of the molecule is CC1(C)CCC(CN)C(c2cc(F)ccc2F)C1. The van der Waals surface area contributed by atoms with Crippen LogP contribution < -0.4 is 5.73 Å². The zero-order valence-electron chi connectivity index (χ0n) is 11.0. The Morgan fingerprint density at radius 1 is 1.33 bits per heavy atom. The Hall–Kier alpha value is -0.960. The Morgan fingerprint density at radius 2 is 2.06 bits per heavy atom. The van der Waals surface area contributed by atoms with Gasteiger partial charge >= 0.3 is 0 Å². The molecule has 1 fully saturated rings. The van der Waals surface area contributed by atoms with Gasteiger partial charge in [-0.15, -0.1) is 0 Å². The van der Waals surface area contributed by atoms with E-state index in [0.29, 0.717) is 12.1 Å². The summed E-state index contributed by atoms with van der Waals surface area (Å²) < 4.78 is 27.2. The van der Waals surface area contributed by atoms with Gasteiger partial charge in [-0.3, -0.25) is 0 Å². The minimum atomic E-state index is -0.370. The molecule has 0 aliphatic heterocycles. The van der Waals surface area contributed by atoms with Gasteiger partial charge in [-0.2, -0.15) is 0 Å². The minimum absolute atomic E-state index is 0.0365. The summed E-state index contributed by atoms with van der Waals surface area (Å²) >= 11 is 0. The van der Waals surface area contributed by atoms with E-state index in [2.05, 4.69) is 13.8 Å². The lowest BCUT2D eigenvalue weighted by atomic mass is 9.65. The summed E-state index contributed by atoms with van der Waals surface area (Å²) in [6.45, 7) is 4.91. The highest BCUT2D eigenvalue weighted by Crippen LogP contribution is 2.46. The lowest BCUT2D eigenvalue weighted by Gasteiger charge is -2.40. The van der Waals surface area contributed by atoms with Crippen molar-refractivity contribution in [2.75, 3.05) is 6.54 Å². The first kappa shape index (κ1) is 13.5. The van der Waals surface area contributed by atoms with Crippen LogP contribution in [0.2, 0.25) is 0 Å². The van der Waals surface area contributed by atoms with Crippen LogP contribution in [-0.2, 0) is 0 Å². The molecule has 1 saturated carbocycles. The van der Waals surface area contributed by atoms with E-state index in [1.165, 1.54) is 18.2 Å². The Kier molecular flexibility index (Phi) is 3.71. The van der Waals surface area contributed by atoms with E-state index in [0.717, 1.165) is 19.3 Å². The molecule has 3 heteroatoms. The standard InChI is InChI=1S/C15H21F2N/c1-15(2)6-5-10(9-18)13(8-15)12-7-11(16)3-4-14(12)17/h3-4,7,10,13H,5-6,8-9,18H2,1-2H3. The molecule has 0 saturated heterocycles. The fourth-order valence-corrected chi connectivity index (χ4v) is 3.09. The quantitative estimate of drug-likeness (QED) is 0.851. The van der Waals surface area contributed by atoms with Crippen LogP contribution in [0.5, 0.6) is 0 Å². The molecule has 0 aromatic heterocycles. The summed E-state index contributed by atoms with van der Waals surface area (Å²) in [7, 11) is 0. The largest absolute Gasteiger partial charge is 0.330 e. The molecule has 0 radical (unpaired) electrons. The first-order valence-electron chi connectivity index (χ1n) is 6.58. The van der Waals surface area contributed by atoms with Crippen molar-refractivity contribution in [1.29, 1.82) is 0 Å². The molecule has 2 atom stereocenters. The van der Waals surface area contributed by atoms with Gasteiger partial charge < -0.3 is 5.73 Å². The number of hydrogen-bond donors (Lipinski definition) is 1. The van der Waals surface area contributed by atoms with Gasteiger partial charge in [0.1, 0.15) is 11.6 Å². The maximum atomic E-state index is 13.9. The van der Waals surface area contributed by atoms with E-state index in [1.807, 2.05) is 0 Å². The van der Waals surface area contributed by atoms with E-state index in [1.54, 1.807) is 0 Å². The van der Waals surface area contributed by atoms with E-state index in [9.17, 15) is 8.78 Å². The average Bonchev–Trinajstić information content (AvgIpc) is 2.31. The van der Waals surface area contributed by atoms with Crippen molar-refractivity contribution in [1.82, 2.24) is 0 Å². The number of benzene rings is 1. The van der Waals surface area contributed by atoms with Crippen LogP contribution in [0.3, 0.4) is 0 Å². The van der Waals surface area contributed by atoms with Crippen molar-refractivity contribution in [2.45, 2.75) is 39.0 Å². The summed E-state index contributed by atoms with van der Waals surface area (Å²) in [6.07, 6.45) is 2.96. The van der Waals surface area contributed by atoms with Gasteiger partial charge in [0, 0.05) is 0 Å². The highest BCUT2D eigenvalue weighted by molar-refractivity contribution is 5.24. The van der Waals surface area contributed by atoms with Gasteiger partial charge in [0.25, 0.3) is 0 Å². The Morgan fingerprint density at radius 3 is 2.72 bits per heavy atom. The van der Waals surface area contributed by atoms with Crippen LogP contribution in [0.15, 0.2) is 18.2 Å². The van der Waals surface area contributed by atoms with Crippen LogP contribution in [-0.4, -0.2) is 6.54 Å². The van der Waals surface area contributed by atoms with Crippen molar-refractivity contribution in [3.8, 4) is 0 Å². The first-order chi connectivity index (χ1) is 8.43. The Bertz CT molecular complexity index is 429. The third-order valence-corrected chi connectivity index (χ3v) is 4.19. The van der Waals surface area contributed by atoms with Gasteiger partial charge in [0.05, 0.1) is 0 Å². The van der Waals surface area contributed by atoms with E-state index < -0.39 is 0 Å². The minimum Gasteiger partial charge on any atom is -0.330 e. The van der Waals surface area contributed by atoms with Gasteiger partial charge in [-0.05, 0) is 66.8 Å². The first-order valence-corrected chi connectivity index (χ1v) is 6.58. The maximum absolute atomic E-state index is 13.9. The fourth-order valence-electron chi connectivity index (χ4n) is 3.09. The summed E-state index contributed by atoms with van der Waals surface area (Å²) in [5, 5.41) is 0. The molecule has 100 valence electrons. The van der Waals surface area contributed by atoms with Crippen molar-refractivity contribution in [2.24, 2.45) is 17.1 Å². The molecule has 0 heterocycles. The van der Waals surface area contributed by atoms with Crippen LogP contribution in [0.4, 0.5) is 8.78 Å². The molecule has 18 heavy (non-hydrogen) atoms. The summed E-state index contributed by atoms with van der Waals surface area (Å²) in [4.78, 5) is 0. The van der Waals surface area contributed by atoms with Crippen molar-refractivity contribution < 1.29 is 8.78 Å². The second-order valence-electron chi connectivity index (χ2n) is 6.18. The molecule has 2 unspecified atom stereocenters. The lowest BCUT2D eigenvalue weighted by Crippen LogP contribution is -2.33. The lowest BCUT2D eigenvalue weighted by molar-refractivity contribution is 0.163. The molecule has 1 aromatic carbocycles. The van der Waals surface area contributed by atoms with Crippen molar-refractivity contribution in [3.63, 3.8) is 0 Å². The van der Waals surface area contributed by atoms with E-state index in [-0.39, 0.29) is 28.9 Å². The smallest absolute Gasteiger partial charge is 0.126 e. The van der Waals surface area contributed by atoms with Crippen LogP contribution >= 0.6 is 0 Å². The molecule has 0 amide bonds. The monoisotopic (exact) mass is 253 g/mol. The Labute approximate surface area is 107 Å². The van der Waals surface area contributed by atoms with Crippen LogP contribution in [0, 0.1) is 23.0 Å². The molecule has 1 aliphatic carbocycles. The van der Waals surface area contributed by atoms with E-state index in [4.69, 9.17) is 5.73 Å². The predicted octanol–water partition coefficient (Wildman–Crippen LogP) is 3.83. The third-order valence-electron chi connectivity index (χ3n) is 4.19. The summed E-state index contributed by atoms with van der Waals surface area (Å²) in [5.74, 6) is -0.383. The predicted molar refractivity (Wildman–Crippen MR) is 69.3 cm³/mol. The molecular formula is C15H21F2N. The molecule has 0 spiro atoms. The molecule has 1 aromatic rings. The number of halogens is 2. The van der Waals surface area contributed by atoms with Gasteiger partial charge in [0.2, 0.25) is 0 Å². The normalized spacial score (nSPS) is 27.2. The zero-order chi connectivity index (χ0) is 13.3. The molecule has 1 aliphatic rings. The molecule has 2 N–H and O–H groups in total. The highest BCUT2D eigenvalue weighted by atomic mass is 19.1. The third kappa shape index (κ3) is 2.72. The second kappa shape index (κ2) is 4.96. The second-order valence-corrected chi connectivity index (χ2v) is 6.18. The number of hydrogen-bond acceptors (Lipinski definition) is 1. The summed E-state index contributed by atoms with van der Waals surface area (Å²) in [6, 6.07) is 3.73.